The zero-order valence-electron chi connectivity index (χ0n) is 10.7. The standard InChI is InChI=1S/C15H22FN/c1-2-3-10-17-11-6-8-14(17)12-13-7-4-5-9-15(13)16/h4-5,7,9,14H,2-3,6,8,10-12H2,1H3. The van der Waals surface area contributed by atoms with Crippen LogP contribution < -0.4 is 0 Å². The van der Waals surface area contributed by atoms with E-state index in [2.05, 4.69) is 11.8 Å². The average molecular weight is 235 g/mol. The Kier molecular flexibility index (Phi) is 4.55. The minimum atomic E-state index is -0.0464. The molecule has 17 heavy (non-hydrogen) atoms. The van der Waals surface area contributed by atoms with Gasteiger partial charge in [0, 0.05) is 6.04 Å². The Hall–Kier alpha value is -0.890. The number of halogens is 1. The van der Waals surface area contributed by atoms with E-state index in [1.807, 2.05) is 12.1 Å². The van der Waals surface area contributed by atoms with E-state index in [4.69, 9.17) is 0 Å². The lowest BCUT2D eigenvalue weighted by Crippen LogP contribution is -2.32. The lowest BCUT2D eigenvalue weighted by atomic mass is 10.0. The summed E-state index contributed by atoms with van der Waals surface area (Å²) in [4.78, 5) is 2.54. The number of nitrogens with zero attached hydrogens (tertiary/aromatic N) is 1. The van der Waals surface area contributed by atoms with E-state index < -0.39 is 0 Å². The Morgan fingerprint density at radius 3 is 2.94 bits per heavy atom. The van der Waals surface area contributed by atoms with Crippen molar-refractivity contribution in [3.05, 3.63) is 35.6 Å². The number of unbranched alkanes of at least 4 members (excludes halogenated alkanes) is 1. The van der Waals surface area contributed by atoms with Crippen LogP contribution in [-0.2, 0) is 6.42 Å². The fourth-order valence-corrected chi connectivity index (χ4v) is 2.70. The summed E-state index contributed by atoms with van der Waals surface area (Å²) in [6.45, 7) is 4.59. The van der Waals surface area contributed by atoms with E-state index >= 15 is 0 Å². The molecule has 94 valence electrons. The van der Waals surface area contributed by atoms with Crippen molar-refractivity contribution in [3.63, 3.8) is 0 Å². The third-order valence-electron chi connectivity index (χ3n) is 3.71. The van der Waals surface area contributed by atoms with Gasteiger partial charge in [-0.05, 0) is 50.4 Å². The molecule has 1 fully saturated rings. The normalized spacial score (nSPS) is 20.9. The Morgan fingerprint density at radius 1 is 1.35 bits per heavy atom. The summed E-state index contributed by atoms with van der Waals surface area (Å²) < 4.78 is 13.6. The maximum absolute atomic E-state index is 13.6. The highest BCUT2D eigenvalue weighted by Crippen LogP contribution is 2.22. The van der Waals surface area contributed by atoms with Crippen molar-refractivity contribution in [2.24, 2.45) is 0 Å². The Bertz CT molecular complexity index is 351. The SMILES string of the molecule is CCCCN1CCCC1Cc1ccccc1F. The maximum Gasteiger partial charge on any atom is 0.126 e. The van der Waals surface area contributed by atoms with Crippen LogP contribution in [0, 0.1) is 5.82 Å². The predicted molar refractivity (Wildman–Crippen MR) is 69.6 cm³/mol. The molecule has 0 aliphatic carbocycles. The van der Waals surface area contributed by atoms with Crippen molar-refractivity contribution in [2.75, 3.05) is 13.1 Å². The first-order valence-corrected chi connectivity index (χ1v) is 6.78. The lowest BCUT2D eigenvalue weighted by Gasteiger charge is -2.24. The molecule has 1 aromatic carbocycles. The van der Waals surface area contributed by atoms with Gasteiger partial charge in [0.15, 0.2) is 0 Å². The minimum Gasteiger partial charge on any atom is -0.300 e. The fraction of sp³-hybridized carbons (Fsp3) is 0.600. The van der Waals surface area contributed by atoms with E-state index in [0.717, 1.165) is 12.0 Å². The molecule has 1 unspecified atom stereocenters. The first kappa shape index (κ1) is 12.6. The molecular weight excluding hydrogens is 213 g/mol. The molecule has 1 heterocycles. The molecule has 1 aliphatic heterocycles. The van der Waals surface area contributed by atoms with Crippen LogP contribution in [0.1, 0.15) is 38.2 Å². The summed E-state index contributed by atoms with van der Waals surface area (Å²) in [7, 11) is 0. The minimum absolute atomic E-state index is 0.0464. The highest BCUT2D eigenvalue weighted by Gasteiger charge is 2.24. The molecule has 1 aromatic rings. The topological polar surface area (TPSA) is 3.24 Å². The van der Waals surface area contributed by atoms with Gasteiger partial charge in [0.1, 0.15) is 5.82 Å². The van der Waals surface area contributed by atoms with E-state index in [9.17, 15) is 4.39 Å². The molecule has 1 nitrogen and oxygen atoms in total. The van der Waals surface area contributed by atoms with Crippen LogP contribution in [0.15, 0.2) is 24.3 Å². The Labute approximate surface area is 104 Å². The number of benzene rings is 1. The first-order chi connectivity index (χ1) is 8.31. The molecule has 0 amide bonds. The predicted octanol–water partition coefficient (Wildman–Crippen LogP) is 3.63. The smallest absolute Gasteiger partial charge is 0.126 e. The maximum atomic E-state index is 13.6. The van der Waals surface area contributed by atoms with Crippen molar-refractivity contribution >= 4 is 0 Å². The molecule has 0 radical (unpaired) electrons. The largest absolute Gasteiger partial charge is 0.300 e. The zero-order valence-corrected chi connectivity index (χ0v) is 10.7. The van der Waals surface area contributed by atoms with E-state index in [-0.39, 0.29) is 5.82 Å². The van der Waals surface area contributed by atoms with Crippen LogP contribution in [0.4, 0.5) is 4.39 Å². The molecule has 2 rings (SSSR count). The monoisotopic (exact) mass is 235 g/mol. The first-order valence-electron chi connectivity index (χ1n) is 6.78. The van der Waals surface area contributed by atoms with Gasteiger partial charge >= 0.3 is 0 Å². The van der Waals surface area contributed by atoms with Gasteiger partial charge in [-0.1, -0.05) is 31.5 Å². The van der Waals surface area contributed by atoms with Crippen molar-refractivity contribution < 1.29 is 4.39 Å². The third-order valence-corrected chi connectivity index (χ3v) is 3.71. The van der Waals surface area contributed by atoms with Crippen molar-refractivity contribution in [1.82, 2.24) is 4.90 Å². The summed E-state index contributed by atoms with van der Waals surface area (Å²) in [5.41, 5.74) is 0.876. The number of hydrogen-bond acceptors (Lipinski definition) is 1. The molecule has 1 atom stereocenters. The average Bonchev–Trinajstić information content (AvgIpc) is 2.77. The highest BCUT2D eigenvalue weighted by molar-refractivity contribution is 5.18. The van der Waals surface area contributed by atoms with Gasteiger partial charge in [-0.3, -0.25) is 0 Å². The molecule has 0 N–H and O–H groups in total. The lowest BCUT2D eigenvalue weighted by molar-refractivity contribution is 0.247. The molecule has 1 saturated heterocycles. The molecule has 0 spiro atoms. The number of hydrogen-bond donors (Lipinski definition) is 0. The molecule has 1 aliphatic rings. The van der Waals surface area contributed by atoms with Gasteiger partial charge in [-0.15, -0.1) is 0 Å². The third kappa shape index (κ3) is 3.29. The van der Waals surface area contributed by atoms with Crippen LogP contribution in [-0.4, -0.2) is 24.0 Å². The van der Waals surface area contributed by atoms with Crippen LogP contribution in [0.25, 0.3) is 0 Å². The van der Waals surface area contributed by atoms with E-state index in [0.29, 0.717) is 6.04 Å². The summed E-state index contributed by atoms with van der Waals surface area (Å²) in [5, 5.41) is 0. The van der Waals surface area contributed by atoms with E-state index in [1.165, 1.54) is 38.8 Å². The Balaban J connectivity index is 1.95. The van der Waals surface area contributed by atoms with Gasteiger partial charge in [0.25, 0.3) is 0 Å². The second kappa shape index (κ2) is 6.15. The van der Waals surface area contributed by atoms with Gasteiger partial charge in [0.05, 0.1) is 0 Å². The Morgan fingerprint density at radius 2 is 2.18 bits per heavy atom. The van der Waals surface area contributed by atoms with Gasteiger partial charge in [-0.2, -0.15) is 0 Å². The van der Waals surface area contributed by atoms with Gasteiger partial charge in [0.2, 0.25) is 0 Å². The molecule has 0 aromatic heterocycles. The van der Waals surface area contributed by atoms with E-state index in [1.54, 1.807) is 12.1 Å². The summed E-state index contributed by atoms with van der Waals surface area (Å²) in [6.07, 6.45) is 5.86. The van der Waals surface area contributed by atoms with Crippen LogP contribution in [0.5, 0.6) is 0 Å². The fourth-order valence-electron chi connectivity index (χ4n) is 2.70. The molecule has 2 heteroatoms. The summed E-state index contributed by atoms with van der Waals surface area (Å²) >= 11 is 0. The molecular formula is C15H22FN. The van der Waals surface area contributed by atoms with Crippen LogP contribution >= 0.6 is 0 Å². The molecule has 0 bridgehead atoms. The quantitative estimate of drug-likeness (QED) is 0.753. The van der Waals surface area contributed by atoms with Gasteiger partial charge in [-0.25, -0.2) is 4.39 Å². The van der Waals surface area contributed by atoms with Crippen LogP contribution in [0.3, 0.4) is 0 Å². The van der Waals surface area contributed by atoms with Crippen molar-refractivity contribution in [2.45, 2.75) is 45.1 Å². The number of likely N-dealkylation sites (tertiary alicyclic amines) is 1. The second-order valence-electron chi connectivity index (χ2n) is 4.98. The summed E-state index contributed by atoms with van der Waals surface area (Å²) in [5.74, 6) is -0.0464. The molecule has 0 saturated carbocycles. The van der Waals surface area contributed by atoms with Gasteiger partial charge < -0.3 is 4.90 Å². The zero-order chi connectivity index (χ0) is 12.1. The highest BCUT2D eigenvalue weighted by atomic mass is 19.1. The van der Waals surface area contributed by atoms with Crippen LogP contribution in [0.2, 0.25) is 0 Å². The number of rotatable bonds is 5. The summed E-state index contributed by atoms with van der Waals surface area (Å²) in [6, 6.07) is 7.75. The second-order valence-corrected chi connectivity index (χ2v) is 4.98. The van der Waals surface area contributed by atoms with Crippen molar-refractivity contribution in [1.29, 1.82) is 0 Å². The van der Waals surface area contributed by atoms with Crippen molar-refractivity contribution in [3.8, 4) is 0 Å².